The summed E-state index contributed by atoms with van der Waals surface area (Å²) < 4.78 is 4.97. The van der Waals surface area contributed by atoms with E-state index >= 15 is 0 Å². The first-order chi connectivity index (χ1) is 14.9. The summed E-state index contributed by atoms with van der Waals surface area (Å²) >= 11 is 0. The minimum absolute atomic E-state index is 0.307. The lowest BCUT2D eigenvalue weighted by atomic mass is 9.91. The number of fused-ring (bicyclic) bond motifs is 1. The number of imide groups is 1. The van der Waals surface area contributed by atoms with Crippen LogP contribution in [0.5, 0.6) is 0 Å². The predicted molar refractivity (Wildman–Crippen MR) is 112 cm³/mol. The van der Waals surface area contributed by atoms with Gasteiger partial charge in [-0.2, -0.15) is 0 Å². The number of benzene rings is 2. The van der Waals surface area contributed by atoms with E-state index in [-0.39, 0.29) is 0 Å². The maximum atomic E-state index is 13.9. The number of carbonyl (C=O) groups excluding carboxylic acids is 4. The third-order valence-corrected chi connectivity index (χ3v) is 6.30. The highest BCUT2D eigenvalue weighted by Gasteiger charge is 2.56. The molecule has 1 atom stereocenters. The Labute approximate surface area is 180 Å². The monoisotopic (exact) mass is 420 g/mol. The summed E-state index contributed by atoms with van der Waals surface area (Å²) in [5, 5.41) is 0. The molecule has 1 unspecified atom stereocenters. The van der Waals surface area contributed by atoms with Crippen molar-refractivity contribution in [1.29, 1.82) is 0 Å². The van der Waals surface area contributed by atoms with Crippen LogP contribution in [0.4, 0.5) is 0 Å². The first-order valence-corrected chi connectivity index (χ1v) is 10.3. The maximum Gasteiger partial charge on any atom is 0.333 e. The van der Waals surface area contributed by atoms with Crippen molar-refractivity contribution in [3.63, 3.8) is 0 Å². The molecule has 1 saturated carbocycles. The first-order valence-electron chi connectivity index (χ1n) is 10.3. The van der Waals surface area contributed by atoms with Gasteiger partial charge in [-0.05, 0) is 30.5 Å². The van der Waals surface area contributed by atoms with Crippen molar-refractivity contribution >= 4 is 23.7 Å². The average molecular weight is 420 g/mol. The Morgan fingerprint density at radius 2 is 1.45 bits per heavy atom. The first kappa shape index (κ1) is 20.8. The number of ether oxygens (including phenoxy) is 1. The third-order valence-electron chi connectivity index (χ3n) is 6.30. The van der Waals surface area contributed by atoms with Crippen LogP contribution in [0.2, 0.25) is 0 Å². The van der Waals surface area contributed by atoms with Crippen molar-refractivity contribution in [1.82, 2.24) is 9.80 Å². The Kier molecular flexibility index (Phi) is 5.35. The number of hydrogen-bond donors (Lipinski definition) is 0. The molecule has 0 spiro atoms. The topological polar surface area (TPSA) is 84.0 Å². The molecule has 0 N–H and O–H groups in total. The Bertz CT molecular complexity index is 1010. The largest absolute Gasteiger partial charge is 0.467 e. The molecular weight excluding hydrogens is 396 g/mol. The van der Waals surface area contributed by atoms with Crippen LogP contribution in [0, 0.1) is 0 Å². The molecule has 2 aromatic rings. The predicted octanol–water partition coefficient (Wildman–Crippen LogP) is 2.97. The van der Waals surface area contributed by atoms with E-state index in [0.29, 0.717) is 42.4 Å². The molecule has 0 saturated heterocycles. The van der Waals surface area contributed by atoms with Gasteiger partial charge < -0.3 is 9.64 Å². The molecule has 160 valence electrons. The zero-order chi connectivity index (χ0) is 22.2. The van der Waals surface area contributed by atoms with Crippen molar-refractivity contribution in [2.24, 2.45) is 0 Å². The van der Waals surface area contributed by atoms with Crippen LogP contribution >= 0.6 is 0 Å². The van der Waals surface area contributed by atoms with E-state index in [1.165, 1.54) is 19.1 Å². The zero-order valence-corrected chi connectivity index (χ0v) is 17.5. The van der Waals surface area contributed by atoms with Gasteiger partial charge in [-0.25, -0.2) is 4.79 Å². The summed E-state index contributed by atoms with van der Waals surface area (Å²) in [4.78, 5) is 55.4. The lowest BCUT2D eigenvalue weighted by molar-refractivity contribution is -0.156. The lowest BCUT2D eigenvalue weighted by Gasteiger charge is -2.40. The summed E-state index contributed by atoms with van der Waals surface area (Å²) in [7, 11) is 2.79. The molecule has 31 heavy (non-hydrogen) atoms. The van der Waals surface area contributed by atoms with Crippen LogP contribution in [-0.2, 0) is 14.3 Å². The molecule has 1 aliphatic heterocycles. The number of amides is 3. The maximum absolute atomic E-state index is 13.9. The number of likely N-dealkylation sites (N-methyl/N-ethyl adjacent to an activating group) is 1. The van der Waals surface area contributed by atoms with E-state index in [9.17, 15) is 19.2 Å². The van der Waals surface area contributed by atoms with E-state index in [1.54, 1.807) is 48.5 Å². The van der Waals surface area contributed by atoms with E-state index in [2.05, 4.69) is 0 Å². The Morgan fingerprint density at radius 1 is 0.935 bits per heavy atom. The van der Waals surface area contributed by atoms with Gasteiger partial charge in [0.05, 0.1) is 18.2 Å². The zero-order valence-electron chi connectivity index (χ0n) is 17.5. The second-order valence-corrected chi connectivity index (χ2v) is 7.98. The van der Waals surface area contributed by atoms with E-state index in [4.69, 9.17) is 4.74 Å². The molecule has 0 aromatic heterocycles. The molecule has 0 radical (unpaired) electrons. The summed E-state index contributed by atoms with van der Waals surface area (Å²) in [6.07, 6.45) is 2.15. The van der Waals surface area contributed by atoms with Gasteiger partial charge in [0.1, 0.15) is 5.54 Å². The van der Waals surface area contributed by atoms with E-state index < -0.39 is 35.3 Å². The fourth-order valence-corrected chi connectivity index (χ4v) is 4.78. The van der Waals surface area contributed by atoms with Crippen molar-refractivity contribution in [2.75, 3.05) is 14.2 Å². The number of methoxy groups -OCH3 is 1. The summed E-state index contributed by atoms with van der Waals surface area (Å²) in [5.41, 5.74) is -0.104. The molecule has 4 rings (SSSR count). The van der Waals surface area contributed by atoms with Crippen molar-refractivity contribution < 1.29 is 23.9 Å². The second kappa shape index (κ2) is 7.98. The van der Waals surface area contributed by atoms with Crippen LogP contribution in [0.15, 0.2) is 54.6 Å². The highest BCUT2D eigenvalue weighted by Crippen LogP contribution is 2.42. The highest BCUT2D eigenvalue weighted by atomic mass is 16.5. The molecule has 2 aliphatic rings. The van der Waals surface area contributed by atoms with Gasteiger partial charge in [0, 0.05) is 7.05 Å². The molecule has 1 heterocycles. The normalized spacial score (nSPS) is 17.9. The Morgan fingerprint density at radius 3 is 1.97 bits per heavy atom. The van der Waals surface area contributed by atoms with Crippen molar-refractivity contribution in [3.8, 4) is 0 Å². The highest BCUT2D eigenvalue weighted by molar-refractivity contribution is 6.23. The molecule has 3 amide bonds. The molecule has 7 nitrogen and oxygen atoms in total. The molecule has 1 fully saturated rings. The molecular formula is C24H24N2O5. The van der Waals surface area contributed by atoms with Crippen LogP contribution in [0.25, 0.3) is 0 Å². The molecule has 7 heteroatoms. The fourth-order valence-electron chi connectivity index (χ4n) is 4.78. The number of hydrogen-bond acceptors (Lipinski definition) is 5. The smallest absolute Gasteiger partial charge is 0.333 e. The second-order valence-electron chi connectivity index (χ2n) is 7.98. The van der Waals surface area contributed by atoms with Gasteiger partial charge in [-0.3, -0.25) is 19.3 Å². The van der Waals surface area contributed by atoms with E-state index in [0.717, 1.165) is 4.90 Å². The van der Waals surface area contributed by atoms with Crippen LogP contribution in [-0.4, -0.2) is 53.2 Å². The van der Waals surface area contributed by atoms with Crippen molar-refractivity contribution in [2.45, 2.75) is 37.3 Å². The Hall–Kier alpha value is -3.48. The summed E-state index contributed by atoms with van der Waals surface area (Å²) in [6.45, 7) is 0. The van der Waals surface area contributed by atoms with Crippen LogP contribution in [0.1, 0.15) is 58.0 Å². The SMILES string of the molecule is COC(=O)C(c1ccccc1)N(C)C(=O)C1(N2C(=O)c3ccccc3C2=O)CCCC1. The average Bonchev–Trinajstić information content (AvgIpc) is 3.38. The van der Waals surface area contributed by atoms with Gasteiger partial charge in [-0.15, -0.1) is 0 Å². The third kappa shape index (κ3) is 3.21. The fraction of sp³-hybridized carbons (Fsp3) is 0.333. The number of esters is 1. The van der Waals surface area contributed by atoms with Crippen LogP contribution in [0.3, 0.4) is 0 Å². The van der Waals surface area contributed by atoms with Gasteiger partial charge in [0.25, 0.3) is 11.8 Å². The lowest BCUT2D eigenvalue weighted by Crippen LogP contribution is -2.60. The Balaban J connectivity index is 1.75. The van der Waals surface area contributed by atoms with Gasteiger partial charge in [0.2, 0.25) is 5.91 Å². The molecule has 2 aromatic carbocycles. The quantitative estimate of drug-likeness (QED) is 0.549. The molecule has 0 bridgehead atoms. The van der Waals surface area contributed by atoms with Gasteiger partial charge in [0.15, 0.2) is 6.04 Å². The van der Waals surface area contributed by atoms with Gasteiger partial charge >= 0.3 is 5.97 Å². The number of carbonyl (C=O) groups is 4. The van der Waals surface area contributed by atoms with Gasteiger partial charge in [-0.1, -0.05) is 55.3 Å². The number of rotatable bonds is 5. The number of nitrogens with zero attached hydrogens (tertiary/aromatic N) is 2. The van der Waals surface area contributed by atoms with Crippen molar-refractivity contribution in [3.05, 3.63) is 71.3 Å². The minimum atomic E-state index is -1.32. The summed E-state index contributed by atoms with van der Waals surface area (Å²) in [6, 6.07) is 14.5. The summed E-state index contributed by atoms with van der Waals surface area (Å²) in [5.74, 6) is -1.94. The van der Waals surface area contributed by atoms with Crippen LogP contribution < -0.4 is 0 Å². The van der Waals surface area contributed by atoms with E-state index in [1.807, 2.05) is 6.07 Å². The molecule has 1 aliphatic carbocycles. The standard InChI is InChI=1S/C24H24N2O5/c1-25(19(22(29)31-2)16-10-4-3-5-11-16)23(30)24(14-8-9-15-24)26-20(27)17-12-6-7-13-18(17)21(26)28/h3-7,10-13,19H,8-9,14-15H2,1-2H3. The minimum Gasteiger partial charge on any atom is -0.467 e.